The van der Waals surface area contributed by atoms with Crippen molar-refractivity contribution in [3.05, 3.63) is 0 Å². The molecule has 1 fully saturated rings. The number of rotatable bonds is 5. The SMILES string of the molecule is CCSCC(C)NC(=O)N1CCCC1C(=O)O. The molecule has 2 amide bonds. The molecule has 6 heteroatoms. The van der Waals surface area contributed by atoms with Crippen molar-refractivity contribution in [2.45, 2.75) is 38.8 Å². The van der Waals surface area contributed by atoms with Crippen LogP contribution in [-0.2, 0) is 4.79 Å². The van der Waals surface area contributed by atoms with Crippen LogP contribution >= 0.6 is 11.8 Å². The number of nitrogens with one attached hydrogen (secondary N) is 1. The molecule has 2 atom stereocenters. The first-order chi connectivity index (χ1) is 8.06. The third kappa shape index (κ3) is 4.11. The zero-order valence-electron chi connectivity index (χ0n) is 10.3. The average molecular weight is 260 g/mol. The minimum absolute atomic E-state index is 0.0718. The van der Waals surface area contributed by atoms with Crippen molar-refractivity contribution in [2.75, 3.05) is 18.1 Å². The van der Waals surface area contributed by atoms with E-state index in [0.717, 1.165) is 17.9 Å². The number of urea groups is 1. The van der Waals surface area contributed by atoms with Gasteiger partial charge in [-0.2, -0.15) is 11.8 Å². The smallest absolute Gasteiger partial charge is 0.326 e. The van der Waals surface area contributed by atoms with Crippen molar-refractivity contribution in [3.63, 3.8) is 0 Å². The number of carboxylic acids is 1. The Kier molecular flexibility index (Phi) is 5.61. The summed E-state index contributed by atoms with van der Waals surface area (Å²) in [5, 5.41) is 11.8. The van der Waals surface area contributed by atoms with Crippen LogP contribution in [0.2, 0.25) is 0 Å². The first kappa shape index (κ1) is 14.2. The van der Waals surface area contributed by atoms with Crippen LogP contribution in [0.1, 0.15) is 26.7 Å². The number of aliphatic carboxylic acids is 1. The van der Waals surface area contributed by atoms with Gasteiger partial charge in [-0.25, -0.2) is 9.59 Å². The van der Waals surface area contributed by atoms with Gasteiger partial charge in [0.1, 0.15) is 6.04 Å². The summed E-state index contributed by atoms with van der Waals surface area (Å²) in [7, 11) is 0. The number of carboxylic acid groups (broad SMARTS) is 1. The quantitative estimate of drug-likeness (QED) is 0.783. The topological polar surface area (TPSA) is 69.6 Å². The Labute approximate surface area is 106 Å². The maximum absolute atomic E-state index is 11.9. The number of nitrogens with zero attached hydrogens (tertiary/aromatic N) is 1. The van der Waals surface area contributed by atoms with Crippen LogP contribution in [0, 0.1) is 0 Å². The fourth-order valence-electron chi connectivity index (χ4n) is 1.90. The molecular formula is C11H20N2O3S. The molecule has 1 rings (SSSR count). The maximum Gasteiger partial charge on any atom is 0.326 e. The van der Waals surface area contributed by atoms with E-state index in [1.54, 1.807) is 11.8 Å². The molecule has 0 aromatic heterocycles. The highest BCUT2D eigenvalue weighted by Gasteiger charge is 2.34. The number of amides is 2. The first-order valence-corrected chi connectivity index (χ1v) is 7.09. The highest BCUT2D eigenvalue weighted by molar-refractivity contribution is 7.99. The van der Waals surface area contributed by atoms with Gasteiger partial charge in [-0.05, 0) is 25.5 Å². The molecule has 0 bridgehead atoms. The highest BCUT2D eigenvalue weighted by atomic mass is 32.2. The molecule has 5 nitrogen and oxygen atoms in total. The van der Waals surface area contributed by atoms with Crippen LogP contribution < -0.4 is 5.32 Å². The summed E-state index contributed by atoms with van der Waals surface area (Å²) < 4.78 is 0. The average Bonchev–Trinajstić information content (AvgIpc) is 2.75. The molecule has 17 heavy (non-hydrogen) atoms. The second kappa shape index (κ2) is 6.74. The number of carbonyl (C=O) groups is 2. The van der Waals surface area contributed by atoms with Crippen molar-refractivity contribution in [2.24, 2.45) is 0 Å². The molecule has 1 heterocycles. The van der Waals surface area contributed by atoms with Gasteiger partial charge in [0.15, 0.2) is 0 Å². The molecule has 0 radical (unpaired) electrons. The Morgan fingerprint density at radius 3 is 2.88 bits per heavy atom. The maximum atomic E-state index is 11.9. The van der Waals surface area contributed by atoms with E-state index in [4.69, 9.17) is 5.11 Å². The third-order valence-corrected chi connectivity index (χ3v) is 3.88. The van der Waals surface area contributed by atoms with Crippen molar-refractivity contribution in [3.8, 4) is 0 Å². The molecule has 0 spiro atoms. The predicted molar refractivity (Wildman–Crippen MR) is 68.4 cm³/mol. The summed E-state index contributed by atoms with van der Waals surface area (Å²) in [5.74, 6) is 0.961. The van der Waals surface area contributed by atoms with E-state index < -0.39 is 12.0 Å². The summed E-state index contributed by atoms with van der Waals surface area (Å²) in [4.78, 5) is 24.3. The minimum atomic E-state index is -0.909. The Hall–Kier alpha value is -0.910. The van der Waals surface area contributed by atoms with Crippen LogP contribution in [0.3, 0.4) is 0 Å². The summed E-state index contributed by atoms with van der Waals surface area (Å²) in [6, 6.07) is -0.831. The van der Waals surface area contributed by atoms with Gasteiger partial charge in [-0.3, -0.25) is 0 Å². The molecule has 1 aliphatic rings. The normalized spacial score (nSPS) is 21.3. The second-order valence-corrected chi connectivity index (χ2v) is 5.52. The van der Waals surface area contributed by atoms with Crippen LogP contribution in [0.5, 0.6) is 0 Å². The second-order valence-electron chi connectivity index (χ2n) is 4.20. The van der Waals surface area contributed by atoms with Crippen molar-refractivity contribution in [1.29, 1.82) is 0 Å². The minimum Gasteiger partial charge on any atom is -0.480 e. The zero-order chi connectivity index (χ0) is 12.8. The molecule has 0 aromatic rings. The van der Waals surface area contributed by atoms with E-state index >= 15 is 0 Å². The number of thioether (sulfide) groups is 1. The van der Waals surface area contributed by atoms with Crippen molar-refractivity contribution < 1.29 is 14.7 Å². The van der Waals surface area contributed by atoms with Gasteiger partial charge in [0.25, 0.3) is 0 Å². The molecule has 0 aromatic carbocycles. The van der Waals surface area contributed by atoms with Gasteiger partial charge >= 0.3 is 12.0 Å². The zero-order valence-corrected chi connectivity index (χ0v) is 11.1. The molecule has 2 unspecified atom stereocenters. The molecule has 0 aliphatic carbocycles. The van der Waals surface area contributed by atoms with Crippen LogP contribution in [-0.4, -0.2) is 52.1 Å². The van der Waals surface area contributed by atoms with Crippen LogP contribution in [0.15, 0.2) is 0 Å². The monoisotopic (exact) mass is 260 g/mol. The lowest BCUT2D eigenvalue weighted by molar-refractivity contribution is -0.141. The predicted octanol–water partition coefficient (Wildman–Crippen LogP) is 1.39. The number of carbonyl (C=O) groups excluding carboxylic acids is 1. The summed E-state index contributed by atoms with van der Waals surface area (Å²) >= 11 is 1.76. The fraction of sp³-hybridized carbons (Fsp3) is 0.818. The molecular weight excluding hydrogens is 240 g/mol. The van der Waals surface area contributed by atoms with Gasteiger partial charge in [0.05, 0.1) is 0 Å². The van der Waals surface area contributed by atoms with Gasteiger partial charge in [-0.1, -0.05) is 6.92 Å². The van der Waals surface area contributed by atoms with Gasteiger partial charge in [0.2, 0.25) is 0 Å². The summed E-state index contributed by atoms with van der Waals surface area (Å²) in [6.45, 7) is 4.54. The molecule has 0 saturated carbocycles. The number of likely N-dealkylation sites (tertiary alicyclic amines) is 1. The Morgan fingerprint density at radius 1 is 1.59 bits per heavy atom. The first-order valence-electron chi connectivity index (χ1n) is 5.94. The molecule has 1 saturated heterocycles. The summed E-state index contributed by atoms with van der Waals surface area (Å²) in [6.07, 6.45) is 1.32. The lowest BCUT2D eigenvalue weighted by Crippen LogP contribution is -2.49. The molecule has 1 aliphatic heterocycles. The number of hydrogen-bond donors (Lipinski definition) is 2. The Balaban J connectivity index is 2.43. The lowest BCUT2D eigenvalue weighted by Gasteiger charge is -2.24. The third-order valence-electron chi connectivity index (χ3n) is 2.74. The van der Waals surface area contributed by atoms with E-state index in [0.29, 0.717) is 13.0 Å². The van der Waals surface area contributed by atoms with E-state index in [1.165, 1.54) is 4.90 Å². The highest BCUT2D eigenvalue weighted by Crippen LogP contribution is 2.17. The van der Waals surface area contributed by atoms with E-state index in [1.807, 2.05) is 6.92 Å². The summed E-state index contributed by atoms with van der Waals surface area (Å²) in [5.41, 5.74) is 0. The van der Waals surface area contributed by atoms with Crippen LogP contribution in [0.25, 0.3) is 0 Å². The number of hydrogen-bond acceptors (Lipinski definition) is 3. The lowest BCUT2D eigenvalue weighted by atomic mass is 10.2. The molecule has 98 valence electrons. The van der Waals surface area contributed by atoms with E-state index in [-0.39, 0.29) is 12.1 Å². The van der Waals surface area contributed by atoms with Crippen molar-refractivity contribution >= 4 is 23.8 Å². The van der Waals surface area contributed by atoms with Gasteiger partial charge < -0.3 is 15.3 Å². The Morgan fingerprint density at radius 2 is 2.29 bits per heavy atom. The van der Waals surface area contributed by atoms with E-state index in [2.05, 4.69) is 12.2 Å². The molecule has 2 N–H and O–H groups in total. The Bertz CT molecular complexity index is 286. The standard InChI is InChI=1S/C11H20N2O3S/c1-3-17-7-8(2)12-11(16)13-6-4-5-9(13)10(14)15/h8-9H,3-7H2,1-2H3,(H,12,16)(H,14,15). The largest absolute Gasteiger partial charge is 0.480 e. The fourth-order valence-corrected chi connectivity index (χ4v) is 2.57. The van der Waals surface area contributed by atoms with Gasteiger partial charge in [-0.15, -0.1) is 0 Å². The van der Waals surface area contributed by atoms with Gasteiger partial charge in [0, 0.05) is 18.3 Å². The van der Waals surface area contributed by atoms with Crippen molar-refractivity contribution in [1.82, 2.24) is 10.2 Å². The van der Waals surface area contributed by atoms with E-state index in [9.17, 15) is 9.59 Å². The van der Waals surface area contributed by atoms with Crippen LogP contribution in [0.4, 0.5) is 4.79 Å².